The number of morpholine rings is 1. The number of nitrogens with zero attached hydrogens (tertiary/aromatic N) is 2. The van der Waals surface area contributed by atoms with Crippen molar-refractivity contribution in [1.29, 1.82) is 0 Å². The van der Waals surface area contributed by atoms with Crippen LogP contribution < -0.4 is 10.2 Å². The summed E-state index contributed by atoms with van der Waals surface area (Å²) in [7, 11) is 0. The Kier molecular flexibility index (Phi) is 6.45. The quantitative estimate of drug-likeness (QED) is 0.567. The summed E-state index contributed by atoms with van der Waals surface area (Å²) in [5.41, 5.74) is 2.11. The molecule has 2 N–H and O–H groups in total. The molecule has 3 amide bonds. The molecule has 2 aliphatic heterocycles. The van der Waals surface area contributed by atoms with Crippen molar-refractivity contribution >= 4 is 11.9 Å². The van der Waals surface area contributed by atoms with E-state index in [2.05, 4.69) is 4.74 Å². The van der Waals surface area contributed by atoms with Gasteiger partial charge >= 0.3 is 12.4 Å². The van der Waals surface area contributed by atoms with Crippen LogP contribution in [0.25, 0.3) is 0 Å². The lowest BCUT2D eigenvalue weighted by molar-refractivity contribution is -0.328. The normalized spacial score (nSPS) is 19.8. The summed E-state index contributed by atoms with van der Waals surface area (Å²) in [6.45, 7) is 0.252. The molecule has 9 nitrogen and oxygen atoms in total. The average Bonchev–Trinajstić information content (AvgIpc) is 2.90. The van der Waals surface area contributed by atoms with Crippen LogP contribution in [-0.2, 0) is 16.0 Å². The molecule has 1 aromatic rings. The van der Waals surface area contributed by atoms with Gasteiger partial charge in [-0.15, -0.1) is 13.2 Å². The molecule has 0 spiro atoms. The first-order valence-corrected chi connectivity index (χ1v) is 8.82. The zero-order valence-corrected chi connectivity index (χ0v) is 15.3. The standard InChI is InChI=1S/C17H20F3N3O6/c18-17(19,20)29-10-13-9-28-14-7-11(15(24)21-26)1-2-12(14)8-23(13)16(25)22-3-5-27-6-4-22/h1-2,7,13,26H,3-6,8-10H2,(H,21,24). The minimum absolute atomic E-state index is 0.0293. The van der Waals surface area contributed by atoms with Crippen LogP contribution in [-0.4, -0.2) is 78.9 Å². The first kappa shape index (κ1) is 21.1. The van der Waals surface area contributed by atoms with Gasteiger partial charge in [0.15, 0.2) is 0 Å². The first-order valence-electron chi connectivity index (χ1n) is 8.82. The molecule has 2 aliphatic rings. The molecule has 1 fully saturated rings. The largest absolute Gasteiger partial charge is 0.522 e. The zero-order chi connectivity index (χ0) is 21.0. The van der Waals surface area contributed by atoms with Gasteiger partial charge in [0.25, 0.3) is 5.91 Å². The van der Waals surface area contributed by atoms with E-state index in [4.69, 9.17) is 14.7 Å². The van der Waals surface area contributed by atoms with Crippen LogP contribution in [0.5, 0.6) is 5.75 Å². The van der Waals surface area contributed by atoms with Crippen LogP contribution >= 0.6 is 0 Å². The first-order chi connectivity index (χ1) is 13.8. The van der Waals surface area contributed by atoms with Gasteiger partial charge in [0, 0.05) is 24.2 Å². The van der Waals surface area contributed by atoms with Crippen molar-refractivity contribution in [3.05, 3.63) is 29.3 Å². The Morgan fingerprint density at radius 3 is 2.66 bits per heavy atom. The number of carbonyl (C=O) groups excluding carboxylic acids is 2. The molecular formula is C17H20F3N3O6. The number of hydrogen-bond acceptors (Lipinski definition) is 6. The van der Waals surface area contributed by atoms with E-state index >= 15 is 0 Å². The van der Waals surface area contributed by atoms with Crippen LogP contribution in [0, 0.1) is 0 Å². The maximum Gasteiger partial charge on any atom is 0.522 e. The highest BCUT2D eigenvalue weighted by Crippen LogP contribution is 2.28. The maximum absolute atomic E-state index is 13.0. The van der Waals surface area contributed by atoms with Gasteiger partial charge in [-0.2, -0.15) is 0 Å². The fraction of sp³-hybridized carbons (Fsp3) is 0.529. The number of hydroxylamine groups is 1. The summed E-state index contributed by atoms with van der Waals surface area (Å²) >= 11 is 0. The number of carbonyl (C=O) groups is 2. The van der Waals surface area contributed by atoms with Gasteiger partial charge in [-0.25, -0.2) is 10.3 Å². The number of alkyl halides is 3. The number of nitrogens with one attached hydrogen (secondary N) is 1. The zero-order valence-electron chi connectivity index (χ0n) is 15.3. The monoisotopic (exact) mass is 419 g/mol. The molecule has 0 radical (unpaired) electrons. The molecular weight excluding hydrogens is 399 g/mol. The van der Waals surface area contributed by atoms with Crippen molar-refractivity contribution in [2.45, 2.75) is 18.9 Å². The van der Waals surface area contributed by atoms with E-state index in [1.165, 1.54) is 33.5 Å². The molecule has 0 saturated carbocycles. The number of fused-ring (bicyclic) bond motifs is 1. The summed E-state index contributed by atoms with van der Waals surface area (Å²) < 4.78 is 52.5. The van der Waals surface area contributed by atoms with Crippen LogP contribution in [0.2, 0.25) is 0 Å². The van der Waals surface area contributed by atoms with E-state index in [0.717, 1.165) is 0 Å². The molecule has 1 aromatic carbocycles. The van der Waals surface area contributed by atoms with Crippen molar-refractivity contribution < 1.29 is 42.2 Å². The third-order valence-corrected chi connectivity index (χ3v) is 4.61. The Morgan fingerprint density at radius 2 is 2.00 bits per heavy atom. The second kappa shape index (κ2) is 8.84. The Balaban J connectivity index is 1.85. The third-order valence-electron chi connectivity index (χ3n) is 4.61. The molecule has 0 bridgehead atoms. The smallest absolute Gasteiger partial charge is 0.491 e. The van der Waals surface area contributed by atoms with Gasteiger partial charge in [0.2, 0.25) is 0 Å². The average molecular weight is 419 g/mol. The van der Waals surface area contributed by atoms with Crippen molar-refractivity contribution in [3.63, 3.8) is 0 Å². The SMILES string of the molecule is O=C(NO)c1ccc2c(c1)OCC(COC(F)(F)F)N(C(=O)N1CCOCC1)C2. The highest BCUT2D eigenvalue weighted by molar-refractivity contribution is 5.93. The molecule has 3 rings (SSSR count). The summed E-state index contributed by atoms with van der Waals surface area (Å²) in [5.74, 6) is -0.528. The Bertz CT molecular complexity index is 754. The number of benzene rings is 1. The van der Waals surface area contributed by atoms with E-state index in [1.54, 1.807) is 0 Å². The van der Waals surface area contributed by atoms with Crippen LogP contribution in [0.3, 0.4) is 0 Å². The number of ether oxygens (including phenoxy) is 3. The van der Waals surface area contributed by atoms with Gasteiger partial charge in [0.05, 0.1) is 32.4 Å². The Hall–Kier alpha value is -2.57. The molecule has 1 atom stereocenters. The van der Waals surface area contributed by atoms with Crippen LogP contribution in [0.1, 0.15) is 15.9 Å². The highest BCUT2D eigenvalue weighted by Gasteiger charge is 2.36. The lowest BCUT2D eigenvalue weighted by Gasteiger charge is -2.36. The molecule has 2 heterocycles. The molecule has 12 heteroatoms. The summed E-state index contributed by atoms with van der Waals surface area (Å²) in [6.07, 6.45) is -4.85. The van der Waals surface area contributed by atoms with Crippen molar-refractivity contribution in [3.8, 4) is 5.75 Å². The molecule has 0 aliphatic carbocycles. The van der Waals surface area contributed by atoms with E-state index in [1.807, 2.05) is 0 Å². The molecule has 0 aromatic heterocycles. The molecule has 160 valence electrons. The second-order valence-corrected chi connectivity index (χ2v) is 6.49. The van der Waals surface area contributed by atoms with Gasteiger partial charge < -0.3 is 19.3 Å². The minimum atomic E-state index is -4.85. The number of hydrogen-bond donors (Lipinski definition) is 2. The lowest BCUT2D eigenvalue weighted by Crippen LogP contribution is -2.53. The Morgan fingerprint density at radius 1 is 1.28 bits per heavy atom. The van der Waals surface area contributed by atoms with E-state index < -0.39 is 30.9 Å². The van der Waals surface area contributed by atoms with Gasteiger partial charge in [-0.1, -0.05) is 6.07 Å². The fourth-order valence-corrected chi connectivity index (χ4v) is 3.10. The van der Waals surface area contributed by atoms with Gasteiger partial charge in [-0.05, 0) is 12.1 Å². The number of urea groups is 1. The second-order valence-electron chi connectivity index (χ2n) is 6.49. The summed E-state index contributed by atoms with van der Waals surface area (Å²) in [6, 6.07) is 2.84. The number of rotatable bonds is 3. The minimum Gasteiger partial charge on any atom is -0.491 e. The van der Waals surface area contributed by atoms with E-state index in [-0.39, 0.29) is 24.5 Å². The lowest BCUT2D eigenvalue weighted by atomic mass is 10.1. The van der Waals surface area contributed by atoms with Crippen molar-refractivity contribution in [2.24, 2.45) is 0 Å². The number of amides is 3. The van der Waals surface area contributed by atoms with E-state index in [9.17, 15) is 22.8 Å². The summed E-state index contributed by atoms with van der Waals surface area (Å²) in [5, 5.41) is 8.76. The van der Waals surface area contributed by atoms with Gasteiger partial charge in [-0.3, -0.25) is 14.7 Å². The van der Waals surface area contributed by atoms with Crippen LogP contribution in [0.4, 0.5) is 18.0 Å². The third kappa shape index (κ3) is 5.28. The number of halogens is 3. The van der Waals surface area contributed by atoms with Crippen molar-refractivity contribution in [1.82, 2.24) is 15.3 Å². The Labute approximate surface area is 163 Å². The summed E-state index contributed by atoms with van der Waals surface area (Å²) in [4.78, 5) is 27.4. The maximum atomic E-state index is 13.0. The molecule has 1 saturated heterocycles. The van der Waals surface area contributed by atoms with Crippen molar-refractivity contribution in [2.75, 3.05) is 39.5 Å². The van der Waals surface area contributed by atoms with Crippen LogP contribution in [0.15, 0.2) is 18.2 Å². The molecule has 29 heavy (non-hydrogen) atoms. The topological polar surface area (TPSA) is 101 Å². The molecule has 1 unspecified atom stereocenters. The predicted octanol–water partition coefficient (Wildman–Crippen LogP) is 1.36. The van der Waals surface area contributed by atoms with Gasteiger partial charge in [0.1, 0.15) is 12.4 Å². The predicted molar refractivity (Wildman–Crippen MR) is 90.3 cm³/mol. The fourth-order valence-electron chi connectivity index (χ4n) is 3.10. The highest BCUT2D eigenvalue weighted by atomic mass is 19.4. The van der Waals surface area contributed by atoms with E-state index in [0.29, 0.717) is 31.9 Å².